The molecule has 6 nitrogen and oxygen atoms in total. The van der Waals surface area contributed by atoms with Gasteiger partial charge in [0.25, 0.3) is 5.91 Å². The number of hydrogen-bond donors (Lipinski definition) is 1. The van der Waals surface area contributed by atoms with E-state index in [4.69, 9.17) is 4.74 Å². The molecule has 0 unspecified atom stereocenters. The summed E-state index contributed by atoms with van der Waals surface area (Å²) in [6, 6.07) is 8.48. The first-order chi connectivity index (χ1) is 11.5. The van der Waals surface area contributed by atoms with Gasteiger partial charge in [-0.15, -0.1) is 0 Å². The second-order valence-electron chi connectivity index (χ2n) is 6.45. The molecule has 1 fully saturated rings. The molecule has 0 bridgehead atoms. The number of piperazine rings is 1. The first kappa shape index (κ1) is 16.5. The molecule has 3 rings (SSSR count). The van der Waals surface area contributed by atoms with Crippen LogP contribution in [-0.2, 0) is 6.54 Å². The zero-order valence-electron chi connectivity index (χ0n) is 14.4. The van der Waals surface area contributed by atoms with Crippen molar-refractivity contribution in [3.63, 3.8) is 0 Å². The van der Waals surface area contributed by atoms with Gasteiger partial charge in [-0.1, -0.05) is 12.1 Å². The van der Waals surface area contributed by atoms with Gasteiger partial charge >= 0.3 is 0 Å². The van der Waals surface area contributed by atoms with Crippen LogP contribution in [-0.4, -0.2) is 52.9 Å². The monoisotopic (exact) mass is 328 g/mol. The van der Waals surface area contributed by atoms with Crippen molar-refractivity contribution in [2.75, 3.05) is 20.2 Å². The number of methoxy groups -OCH3 is 1. The number of benzene rings is 1. The number of rotatable bonds is 4. The number of aromatic nitrogens is 2. The van der Waals surface area contributed by atoms with Crippen LogP contribution in [0.4, 0.5) is 0 Å². The summed E-state index contributed by atoms with van der Waals surface area (Å²) in [6.07, 6.45) is 3.48. The Morgan fingerprint density at radius 1 is 1.25 bits per heavy atom. The van der Waals surface area contributed by atoms with Crippen LogP contribution in [0.2, 0.25) is 0 Å². The molecule has 0 radical (unpaired) electrons. The van der Waals surface area contributed by atoms with Crippen LogP contribution >= 0.6 is 0 Å². The van der Waals surface area contributed by atoms with E-state index in [0.717, 1.165) is 24.4 Å². The van der Waals surface area contributed by atoms with Crippen LogP contribution in [0.5, 0.6) is 5.75 Å². The number of carbonyl (C=O) groups is 1. The van der Waals surface area contributed by atoms with Crippen molar-refractivity contribution in [2.45, 2.75) is 32.5 Å². The average molecular weight is 328 g/mol. The molecule has 0 aliphatic carbocycles. The van der Waals surface area contributed by atoms with Crippen LogP contribution < -0.4 is 10.1 Å². The fourth-order valence-electron chi connectivity index (χ4n) is 3.15. The number of nitrogens with one attached hydrogen (secondary N) is 1. The molecule has 1 aliphatic rings. The molecule has 0 spiro atoms. The van der Waals surface area contributed by atoms with Gasteiger partial charge in [-0.3, -0.25) is 9.48 Å². The zero-order chi connectivity index (χ0) is 17.1. The second-order valence-corrected chi connectivity index (χ2v) is 6.45. The minimum atomic E-state index is 0.0520. The summed E-state index contributed by atoms with van der Waals surface area (Å²) in [6.45, 7) is 6.29. The van der Waals surface area contributed by atoms with E-state index in [1.165, 1.54) is 0 Å². The minimum absolute atomic E-state index is 0.0520. The van der Waals surface area contributed by atoms with Crippen LogP contribution in [0, 0.1) is 0 Å². The molecule has 2 atom stereocenters. The molecule has 1 N–H and O–H groups in total. The molecule has 1 aromatic heterocycles. The van der Waals surface area contributed by atoms with E-state index in [-0.39, 0.29) is 5.91 Å². The Bertz CT molecular complexity index is 685. The van der Waals surface area contributed by atoms with Crippen molar-refractivity contribution in [3.05, 3.63) is 47.8 Å². The molecular formula is C18H24N4O2. The van der Waals surface area contributed by atoms with E-state index in [0.29, 0.717) is 24.2 Å². The van der Waals surface area contributed by atoms with E-state index >= 15 is 0 Å². The minimum Gasteiger partial charge on any atom is -0.497 e. The third-order valence-corrected chi connectivity index (χ3v) is 4.23. The molecule has 1 saturated heterocycles. The van der Waals surface area contributed by atoms with E-state index in [1.807, 2.05) is 35.4 Å². The Hall–Kier alpha value is -2.34. The van der Waals surface area contributed by atoms with Gasteiger partial charge < -0.3 is 15.0 Å². The topological polar surface area (TPSA) is 59.4 Å². The first-order valence-electron chi connectivity index (χ1n) is 8.26. The maximum absolute atomic E-state index is 12.7. The van der Waals surface area contributed by atoms with E-state index < -0.39 is 0 Å². The highest BCUT2D eigenvalue weighted by Crippen LogP contribution is 2.14. The maximum atomic E-state index is 12.7. The van der Waals surface area contributed by atoms with Gasteiger partial charge in [0.15, 0.2) is 0 Å². The molecule has 2 heterocycles. The van der Waals surface area contributed by atoms with Crippen molar-refractivity contribution in [1.82, 2.24) is 20.0 Å². The molecular weight excluding hydrogens is 304 g/mol. The Kier molecular flexibility index (Phi) is 4.85. The van der Waals surface area contributed by atoms with Crippen molar-refractivity contribution < 1.29 is 9.53 Å². The summed E-state index contributed by atoms with van der Waals surface area (Å²) < 4.78 is 6.96. The second kappa shape index (κ2) is 7.05. The molecule has 24 heavy (non-hydrogen) atoms. The lowest BCUT2D eigenvalue weighted by Crippen LogP contribution is -2.55. The summed E-state index contributed by atoms with van der Waals surface area (Å²) in [5, 5.41) is 7.77. The SMILES string of the molecule is COc1ccc(Cn2cc(C(=O)N3C[C@H](C)N[C@@H](C)C3)cn2)cc1. The van der Waals surface area contributed by atoms with Gasteiger partial charge in [-0.05, 0) is 31.5 Å². The normalized spacial score (nSPS) is 20.9. The lowest BCUT2D eigenvalue weighted by Gasteiger charge is -2.35. The van der Waals surface area contributed by atoms with Gasteiger partial charge in [0, 0.05) is 31.4 Å². The van der Waals surface area contributed by atoms with Crippen molar-refractivity contribution in [2.24, 2.45) is 0 Å². The van der Waals surface area contributed by atoms with Gasteiger partial charge in [0.05, 0.1) is 25.4 Å². The number of carbonyl (C=O) groups excluding carboxylic acids is 1. The fourth-order valence-corrected chi connectivity index (χ4v) is 3.15. The van der Waals surface area contributed by atoms with Crippen molar-refractivity contribution >= 4 is 5.91 Å². The highest BCUT2D eigenvalue weighted by molar-refractivity contribution is 5.93. The van der Waals surface area contributed by atoms with Gasteiger partial charge in [0.2, 0.25) is 0 Å². The number of amides is 1. The Morgan fingerprint density at radius 2 is 1.92 bits per heavy atom. The smallest absolute Gasteiger partial charge is 0.257 e. The summed E-state index contributed by atoms with van der Waals surface area (Å²) in [5.74, 6) is 0.883. The van der Waals surface area contributed by atoms with Crippen molar-refractivity contribution in [1.29, 1.82) is 0 Å². The van der Waals surface area contributed by atoms with Gasteiger partial charge in [-0.25, -0.2) is 0 Å². The molecule has 6 heteroatoms. The highest BCUT2D eigenvalue weighted by atomic mass is 16.5. The molecule has 1 aromatic carbocycles. The quantitative estimate of drug-likeness (QED) is 0.929. The summed E-state index contributed by atoms with van der Waals surface area (Å²) in [7, 11) is 1.65. The third kappa shape index (κ3) is 3.76. The molecule has 1 amide bonds. The van der Waals surface area contributed by atoms with E-state index in [1.54, 1.807) is 18.0 Å². The van der Waals surface area contributed by atoms with Crippen molar-refractivity contribution in [3.8, 4) is 5.75 Å². The Morgan fingerprint density at radius 3 is 2.54 bits per heavy atom. The predicted octanol–water partition coefficient (Wildman–Crippen LogP) is 1.76. The maximum Gasteiger partial charge on any atom is 0.257 e. The van der Waals surface area contributed by atoms with Crippen LogP contribution in [0.3, 0.4) is 0 Å². The Labute approximate surface area is 142 Å². The fraction of sp³-hybridized carbons (Fsp3) is 0.444. The largest absolute Gasteiger partial charge is 0.497 e. The lowest BCUT2D eigenvalue weighted by molar-refractivity contribution is 0.0673. The number of ether oxygens (including phenoxy) is 1. The number of nitrogens with zero attached hydrogens (tertiary/aromatic N) is 3. The van der Waals surface area contributed by atoms with Gasteiger partial charge in [-0.2, -0.15) is 5.10 Å². The molecule has 0 saturated carbocycles. The predicted molar refractivity (Wildman–Crippen MR) is 92.3 cm³/mol. The highest BCUT2D eigenvalue weighted by Gasteiger charge is 2.26. The van der Waals surface area contributed by atoms with Crippen LogP contribution in [0.1, 0.15) is 29.8 Å². The average Bonchev–Trinajstić information content (AvgIpc) is 3.02. The van der Waals surface area contributed by atoms with E-state index in [9.17, 15) is 4.79 Å². The summed E-state index contributed by atoms with van der Waals surface area (Å²) >= 11 is 0. The summed E-state index contributed by atoms with van der Waals surface area (Å²) in [5.41, 5.74) is 1.76. The van der Waals surface area contributed by atoms with Gasteiger partial charge in [0.1, 0.15) is 5.75 Å². The lowest BCUT2D eigenvalue weighted by atomic mass is 10.1. The van der Waals surface area contributed by atoms with Crippen LogP contribution in [0.15, 0.2) is 36.7 Å². The van der Waals surface area contributed by atoms with Crippen LogP contribution in [0.25, 0.3) is 0 Å². The number of hydrogen-bond acceptors (Lipinski definition) is 4. The molecule has 128 valence electrons. The Balaban J connectivity index is 1.67. The van der Waals surface area contributed by atoms with E-state index in [2.05, 4.69) is 24.3 Å². The standard InChI is InChI=1S/C18H24N4O2/c1-13-9-21(10-14(2)20-13)18(23)16-8-19-22(12-16)11-15-4-6-17(24-3)7-5-15/h4-8,12-14,20H,9-11H2,1-3H3/t13-,14-/m0/s1. The molecule has 1 aliphatic heterocycles. The summed E-state index contributed by atoms with van der Waals surface area (Å²) in [4.78, 5) is 14.6. The zero-order valence-corrected chi connectivity index (χ0v) is 14.4. The first-order valence-corrected chi connectivity index (χ1v) is 8.26. The molecule has 2 aromatic rings. The third-order valence-electron chi connectivity index (χ3n) is 4.23.